The Balaban J connectivity index is 1.85. The predicted octanol–water partition coefficient (Wildman–Crippen LogP) is 3.83. The molecule has 1 atom stereocenters. The zero-order valence-corrected chi connectivity index (χ0v) is 14.7. The van der Waals surface area contributed by atoms with Crippen LogP contribution in [0.5, 0.6) is 0 Å². The van der Waals surface area contributed by atoms with Crippen molar-refractivity contribution in [2.75, 3.05) is 13.1 Å². The number of likely N-dealkylation sites (tertiary alicyclic amines) is 1. The Hall–Kier alpha value is -2.17. The number of piperidine rings is 1. The minimum atomic E-state index is -0.287. The van der Waals surface area contributed by atoms with E-state index in [0.717, 1.165) is 30.9 Å². The number of hydrogen-bond donors (Lipinski definition) is 0. The van der Waals surface area contributed by atoms with Crippen LogP contribution in [0, 0.1) is 24.1 Å². The van der Waals surface area contributed by atoms with Crippen LogP contribution in [0.4, 0.5) is 4.39 Å². The van der Waals surface area contributed by atoms with Gasteiger partial charge in [-0.1, -0.05) is 20.8 Å². The van der Waals surface area contributed by atoms with Crippen molar-refractivity contribution >= 4 is 5.91 Å². The molecule has 0 unspecified atom stereocenters. The summed E-state index contributed by atoms with van der Waals surface area (Å²) >= 11 is 0. The van der Waals surface area contributed by atoms with Gasteiger partial charge in [0.05, 0.1) is 23.1 Å². The smallest absolute Gasteiger partial charge is 0.257 e. The van der Waals surface area contributed by atoms with Crippen LogP contribution >= 0.6 is 0 Å². The van der Waals surface area contributed by atoms with Crippen LogP contribution in [-0.4, -0.2) is 33.7 Å². The minimum Gasteiger partial charge on any atom is -0.338 e. The standard InChI is InChI=1S/C19H24FN3O/c1-13-9-10-22(12-19(13,3)4)18(24)17-11-21-23(14(17)2)16-7-5-15(20)6-8-16/h5-8,11,13H,9-10,12H2,1-4H3/t13-/m1/s1. The lowest BCUT2D eigenvalue weighted by Gasteiger charge is -2.42. The summed E-state index contributed by atoms with van der Waals surface area (Å²) in [6.45, 7) is 10.1. The SMILES string of the molecule is Cc1c(C(=O)N2CC[C@@H](C)C(C)(C)C2)cnn1-c1ccc(F)cc1. The van der Waals surface area contributed by atoms with Crippen molar-refractivity contribution in [2.24, 2.45) is 11.3 Å². The van der Waals surface area contributed by atoms with Gasteiger partial charge in [0.25, 0.3) is 5.91 Å². The van der Waals surface area contributed by atoms with Crippen molar-refractivity contribution in [1.82, 2.24) is 14.7 Å². The molecule has 1 saturated heterocycles. The van der Waals surface area contributed by atoms with Crippen molar-refractivity contribution < 1.29 is 9.18 Å². The molecule has 1 amide bonds. The number of benzene rings is 1. The van der Waals surface area contributed by atoms with Crippen molar-refractivity contribution in [1.29, 1.82) is 0 Å². The highest BCUT2D eigenvalue weighted by Crippen LogP contribution is 2.35. The number of nitrogens with zero attached hydrogens (tertiary/aromatic N) is 3. The van der Waals surface area contributed by atoms with Gasteiger partial charge in [0.2, 0.25) is 0 Å². The average molecular weight is 329 g/mol. The number of rotatable bonds is 2. The van der Waals surface area contributed by atoms with E-state index in [9.17, 15) is 9.18 Å². The zero-order valence-electron chi connectivity index (χ0n) is 14.7. The van der Waals surface area contributed by atoms with Crippen molar-refractivity contribution in [3.63, 3.8) is 0 Å². The first kappa shape index (κ1) is 16.7. The highest BCUT2D eigenvalue weighted by Gasteiger charge is 2.35. The summed E-state index contributed by atoms with van der Waals surface area (Å²) in [5.41, 5.74) is 2.27. The van der Waals surface area contributed by atoms with E-state index in [1.54, 1.807) is 23.0 Å². The van der Waals surface area contributed by atoms with E-state index in [4.69, 9.17) is 0 Å². The van der Waals surface area contributed by atoms with Crippen molar-refractivity contribution in [3.8, 4) is 5.69 Å². The minimum absolute atomic E-state index is 0.0286. The summed E-state index contributed by atoms with van der Waals surface area (Å²) in [5, 5.41) is 4.33. The second kappa shape index (κ2) is 6.04. The molecular formula is C19H24FN3O. The zero-order chi connectivity index (χ0) is 17.5. The van der Waals surface area contributed by atoms with Crippen LogP contribution in [0.1, 0.15) is 43.2 Å². The predicted molar refractivity (Wildman–Crippen MR) is 91.7 cm³/mol. The normalized spacial score (nSPS) is 20.2. The Morgan fingerprint density at radius 2 is 1.96 bits per heavy atom. The third kappa shape index (κ3) is 2.95. The summed E-state index contributed by atoms with van der Waals surface area (Å²) in [7, 11) is 0. The molecule has 1 aromatic carbocycles. The molecule has 128 valence electrons. The van der Waals surface area contributed by atoms with E-state index >= 15 is 0 Å². The van der Waals surface area contributed by atoms with Crippen LogP contribution in [-0.2, 0) is 0 Å². The topological polar surface area (TPSA) is 38.1 Å². The molecular weight excluding hydrogens is 305 g/mol. The number of hydrogen-bond acceptors (Lipinski definition) is 2. The molecule has 0 spiro atoms. The maximum absolute atomic E-state index is 13.1. The molecule has 0 radical (unpaired) electrons. The van der Waals surface area contributed by atoms with Gasteiger partial charge in [-0.2, -0.15) is 5.10 Å². The van der Waals surface area contributed by atoms with Gasteiger partial charge in [0.15, 0.2) is 0 Å². The molecule has 1 aliphatic heterocycles. The quantitative estimate of drug-likeness (QED) is 0.840. The van der Waals surface area contributed by atoms with Gasteiger partial charge in [0.1, 0.15) is 5.82 Å². The molecule has 2 heterocycles. The Bertz CT molecular complexity index is 748. The number of amides is 1. The van der Waals surface area contributed by atoms with Crippen LogP contribution < -0.4 is 0 Å². The van der Waals surface area contributed by atoms with E-state index in [2.05, 4.69) is 25.9 Å². The Morgan fingerprint density at radius 3 is 2.58 bits per heavy atom. The number of aromatic nitrogens is 2. The van der Waals surface area contributed by atoms with Gasteiger partial charge >= 0.3 is 0 Å². The molecule has 4 nitrogen and oxygen atoms in total. The monoisotopic (exact) mass is 329 g/mol. The molecule has 0 N–H and O–H groups in total. The molecule has 5 heteroatoms. The first-order chi connectivity index (χ1) is 11.3. The fraction of sp³-hybridized carbons (Fsp3) is 0.474. The van der Waals surface area contributed by atoms with Gasteiger partial charge < -0.3 is 4.90 Å². The summed E-state index contributed by atoms with van der Waals surface area (Å²) in [4.78, 5) is 14.9. The van der Waals surface area contributed by atoms with Gasteiger partial charge in [-0.15, -0.1) is 0 Å². The molecule has 2 aromatic rings. The lowest BCUT2D eigenvalue weighted by atomic mass is 9.75. The number of halogens is 1. The van der Waals surface area contributed by atoms with Gasteiger partial charge in [-0.25, -0.2) is 9.07 Å². The highest BCUT2D eigenvalue weighted by molar-refractivity contribution is 5.95. The van der Waals surface area contributed by atoms with E-state index in [1.165, 1.54) is 12.1 Å². The first-order valence-electron chi connectivity index (χ1n) is 8.39. The van der Waals surface area contributed by atoms with Gasteiger partial charge in [-0.05, 0) is 48.9 Å². The Morgan fingerprint density at radius 1 is 1.29 bits per heavy atom. The molecule has 0 bridgehead atoms. The largest absolute Gasteiger partial charge is 0.338 e. The van der Waals surface area contributed by atoms with E-state index in [-0.39, 0.29) is 17.1 Å². The maximum Gasteiger partial charge on any atom is 0.257 e. The third-order valence-electron chi connectivity index (χ3n) is 5.36. The Labute approximate surface area is 142 Å². The van der Waals surface area contributed by atoms with E-state index in [1.807, 2.05) is 11.8 Å². The van der Waals surface area contributed by atoms with Crippen LogP contribution in [0.2, 0.25) is 0 Å². The van der Waals surface area contributed by atoms with Crippen molar-refractivity contribution in [3.05, 3.63) is 47.5 Å². The summed E-state index contributed by atoms with van der Waals surface area (Å²) in [6, 6.07) is 6.11. The van der Waals surface area contributed by atoms with Crippen LogP contribution in [0.15, 0.2) is 30.5 Å². The highest BCUT2D eigenvalue weighted by atomic mass is 19.1. The molecule has 3 rings (SSSR count). The summed E-state index contributed by atoms with van der Waals surface area (Å²) in [5.74, 6) is 0.343. The average Bonchev–Trinajstić information content (AvgIpc) is 2.92. The molecule has 1 aromatic heterocycles. The second-order valence-electron chi connectivity index (χ2n) is 7.44. The maximum atomic E-state index is 13.1. The molecule has 1 fully saturated rings. The number of carbonyl (C=O) groups is 1. The summed E-state index contributed by atoms with van der Waals surface area (Å²) in [6.07, 6.45) is 2.63. The van der Waals surface area contributed by atoms with Crippen LogP contribution in [0.3, 0.4) is 0 Å². The fourth-order valence-electron chi connectivity index (χ4n) is 3.27. The van der Waals surface area contributed by atoms with E-state index in [0.29, 0.717) is 11.5 Å². The molecule has 24 heavy (non-hydrogen) atoms. The lowest BCUT2D eigenvalue weighted by Crippen LogP contribution is -2.47. The lowest BCUT2D eigenvalue weighted by molar-refractivity contribution is 0.0427. The molecule has 0 aliphatic carbocycles. The van der Waals surface area contributed by atoms with Crippen LogP contribution in [0.25, 0.3) is 5.69 Å². The van der Waals surface area contributed by atoms with Gasteiger partial charge in [-0.3, -0.25) is 4.79 Å². The number of carbonyl (C=O) groups excluding carboxylic acids is 1. The van der Waals surface area contributed by atoms with Gasteiger partial charge in [0, 0.05) is 13.1 Å². The van der Waals surface area contributed by atoms with E-state index < -0.39 is 0 Å². The molecule has 1 aliphatic rings. The molecule has 0 saturated carbocycles. The third-order valence-corrected chi connectivity index (χ3v) is 5.36. The fourth-order valence-corrected chi connectivity index (χ4v) is 3.27. The second-order valence-corrected chi connectivity index (χ2v) is 7.44. The summed E-state index contributed by atoms with van der Waals surface area (Å²) < 4.78 is 14.8. The Kier molecular flexibility index (Phi) is 4.20. The first-order valence-corrected chi connectivity index (χ1v) is 8.39. The van der Waals surface area contributed by atoms with Crippen molar-refractivity contribution in [2.45, 2.75) is 34.1 Å².